The zero-order chi connectivity index (χ0) is 25.9. The Kier molecular flexibility index (Phi) is 5.90. The Labute approximate surface area is 215 Å². The average molecular weight is 552 g/mol. The number of para-hydroxylation sites is 1. The van der Waals surface area contributed by atoms with Gasteiger partial charge >= 0.3 is 6.09 Å². The molecule has 1 aliphatic heterocycles. The van der Waals surface area contributed by atoms with Gasteiger partial charge in [0.2, 0.25) is 11.8 Å². The molecule has 0 aromatic heterocycles. The fourth-order valence-corrected chi connectivity index (χ4v) is 6.44. The number of hydrogen-bond acceptors (Lipinski definition) is 7. The van der Waals surface area contributed by atoms with Gasteiger partial charge in [-0.3, -0.25) is 19.2 Å². The Hall–Kier alpha value is -3.59. The van der Waals surface area contributed by atoms with Crippen LogP contribution in [0.5, 0.6) is 5.75 Å². The van der Waals surface area contributed by atoms with Gasteiger partial charge in [0.1, 0.15) is 5.75 Å². The van der Waals surface area contributed by atoms with Gasteiger partial charge in [-0.05, 0) is 46.7 Å². The number of hydrogen-bond donors (Lipinski definition) is 1. The van der Waals surface area contributed by atoms with E-state index in [0.717, 1.165) is 7.11 Å². The summed E-state index contributed by atoms with van der Waals surface area (Å²) in [6.45, 7) is 3.73. The molecule has 4 aliphatic rings. The van der Waals surface area contributed by atoms with Crippen molar-refractivity contribution in [2.24, 2.45) is 17.8 Å². The van der Waals surface area contributed by atoms with E-state index in [9.17, 15) is 29.1 Å². The number of carbonyl (C=O) groups excluding carboxylic acids is 5. The van der Waals surface area contributed by atoms with E-state index in [1.165, 1.54) is 6.08 Å². The lowest BCUT2D eigenvalue weighted by Gasteiger charge is -2.42. The molecule has 1 heterocycles. The van der Waals surface area contributed by atoms with E-state index in [1.54, 1.807) is 24.3 Å². The maximum atomic E-state index is 13.4. The number of Topliss-reactive ketones (excluding diaryl/α,β-unsaturated/α-hetero) is 1. The third-order valence-corrected chi connectivity index (χ3v) is 8.10. The lowest BCUT2D eigenvalue weighted by molar-refractivity contribution is -0.137. The third kappa shape index (κ3) is 3.37. The second-order valence-electron chi connectivity index (χ2n) is 9.22. The van der Waals surface area contributed by atoms with Crippen LogP contribution in [0.4, 0.5) is 4.79 Å². The summed E-state index contributed by atoms with van der Waals surface area (Å²) >= 11 is 3.17. The van der Waals surface area contributed by atoms with E-state index in [4.69, 9.17) is 0 Å². The molecule has 3 amide bonds. The zero-order valence-electron chi connectivity index (χ0n) is 19.3. The molecule has 0 radical (unpaired) electrons. The Bertz CT molecular complexity index is 1370. The first-order valence-corrected chi connectivity index (χ1v) is 12.3. The summed E-state index contributed by atoms with van der Waals surface area (Å²) in [6.07, 6.45) is 4.29. The van der Waals surface area contributed by atoms with Crippen molar-refractivity contribution in [3.8, 4) is 5.75 Å². The summed E-state index contributed by atoms with van der Waals surface area (Å²) in [5, 5.41) is 11.2. The molecular weight excluding hydrogens is 530 g/mol. The van der Waals surface area contributed by atoms with E-state index in [2.05, 4.69) is 27.2 Å². The predicted molar refractivity (Wildman–Crippen MR) is 131 cm³/mol. The Morgan fingerprint density at radius 1 is 1.22 bits per heavy atom. The topological polar surface area (TPSA) is 118 Å². The summed E-state index contributed by atoms with van der Waals surface area (Å²) in [5.41, 5.74) is 2.23. The molecule has 9 heteroatoms. The number of fused-ring (bicyclic) bond motifs is 3. The van der Waals surface area contributed by atoms with Crippen LogP contribution in [0.15, 0.2) is 64.2 Å². The zero-order valence-corrected chi connectivity index (χ0v) is 20.9. The minimum Gasteiger partial charge on any atom is -0.507 e. The number of benzene rings is 1. The van der Waals surface area contributed by atoms with Gasteiger partial charge in [0, 0.05) is 28.7 Å². The number of ketones is 2. The number of aromatic hydroxyl groups is 1. The van der Waals surface area contributed by atoms with Crippen LogP contribution in [0.2, 0.25) is 0 Å². The van der Waals surface area contributed by atoms with E-state index in [-0.39, 0.29) is 45.8 Å². The van der Waals surface area contributed by atoms with Crippen LogP contribution in [0.25, 0.3) is 0 Å². The highest BCUT2D eigenvalue weighted by Crippen LogP contribution is 2.56. The molecule has 8 nitrogen and oxygen atoms in total. The number of imide groups is 3. The van der Waals surface area contributed by atoms with Gasteiger partial charge in [-0.1, -0.05) is 35.9 Å². The lowest BCUT2D eigenvalue weighted by atomic mass is 9.59. The maximum Gasteiger partial charge on any atom is 0.423 e. The van der Waals surface area contributed by atoms with Crippen molar-refractivity contribution in [2.45, 2.75) is 25.2 Å². The van der Waals surface area contributed by atoms with Gasteiger partial charge in [0.25, 0.3) is 0 Å². The highest BCUT2D eigenvalue weighted by molar-refractivity contribution is 9.12. The largest absolute Gasteiger partial charge is 0.507 e. The van der Waals surface area contributed by atoms with Crippen molar-refractivity contribution in [2.75, 3.05) is 7.11 Å². The van der Waals surface area contributed by atoms with Crippen LogP contribution in [0, 0.1) is 17.8 Å². The van der Waals surface area contributed by atoms with Gasteiger partial charge in [0.05, 0.1) is 23.4 Å². The number of methoxy groups -OCH3 is 1. The van der Waals surface area contributed by atoms with Crippen LogP contribution >= 0.6 is 15.9 Å². The molecule has 1 aromatic carbocycles. The van der Waals surface area contributed by atoms with Gasteiger partial charge in [-0.15, -0.1) is 6.58 Å². The normalized spacial score (nSPS) is 27.2. The number of nitrogens with zero attached hydrogens (tertiary/aromatic N) is 1. The van der Waals surface area contributed by atoms with Gasteiger partial charge < -0.3 is 9.84 Å². The molecule has 1 N–H and O–H groups in total. The van der Waals surface area contributed by atoms with Crippen molar-refractivity contribution in [1.29, 1.82) is 0 Å². The first-order chi connectivity index (χ1) is 17.2. The molecule has 0 bridgehead atoms. The summed E-state index contributed by atoms with van der Waals surface area (Å²) in [5.74, 6) is -5.13. The second-order valence-corrected chi connectivity index (χ2v) is 10.1. The Balaban J connectivity index is 1.70. The van der Waals surface area contributed by atoms with Crippen LogP contribution in [0.1, 0.15) is 29.9 Å². The number of rotatable bonds is 3. The summed E-state index contributed by atoms with van der Waals surface area (Å²) in [7, 11) is 1.09. The van der Waals surface area contributed by atoms with Crippen molar-refractivity contribution >= 4 is 45.4 Å². The number of carbonyl (C=O) groups is 5. The van der Waals surface area contributed by atoms with Gasteiger partial charge in [-0.2, -0.15) is 4.90 Å². The minimum atomic E-state index is -1.04. The van der Waals surface area contributed by atoms with E-state index >= 15 is 0 Å². The molecule has 0 spiro atoms. The molecule has 0 saturated carbocycles. The number of halogens is 1. The molecular formula is C27H22BrNO7. The van der Waals surface area contributed by atoms with Crippen molar-refractivity contribution in [1.82, 2.24) is 4.90 Å². The molecule has 5 rings (SSSR count). The van der Waals surface area contributed by atoms with Crippen LogP contribution in [-0.4, -0.2) is 46.6 Å². The number of likely N-dealkylation sites (tertiary alicyclic amines) is 1. The van der Waals surface area contributed by atoms with Crippen LogP contribution < -0.4 is 0 Å². The van der Waals surface area contributed by atoms with Crippen molar-refractivity contribution < 1.29 is 33.8 Å². The molecule has 1 aromatic rings. The molecule has 1 saturated heterocycles. The standard InChI is InChI=1S/C27H22BrNO7/c1-3-5-12-6-4-7-14(23(12)31)20-13-8-9-15-21(26(34)29(25(15)33)27(35)36-2)16(13)10-17-22(20)19(30)11-18(28)24(17)32/h3-4,6-8,11,15-16,20-21,31H,1,5,9-10H2,2H3. The number of phenolic OH excluding ortho intramolecular Hbond substituents is 1. The fraction of sp³-hybridized carbons (Fsp3) is 0.296. The summed E-state index contributed by atoms with van der Waals surface area (Å²) in [6, 6.07) is 5.20. The monoisotopic (exact) mass is 551 g/mol. The molecule has 4 atom stereocenters. The first kappa shape index (κ1) is 24.1. The average Bonchev–Trinajstić information content (AvgIpc) is 3.12. The Morgan fingerprint density at radius 3 is 2.67 bits per heavy atom. The molecule has 184 valence electrons. The number of allylic oxidation sites excluding steroid dienone is 7. The SMILES string of the molecule is C=CCc1cccc(C2C3=CCC4C(=O)N(C(=O)OC)C(=O)C4C3CC3=C2C(=O)C=C(Br)C3=O)c1O. The van der Waals surface area contributed by atoms with Crippen molar-refractivity contribution in [3.63, 3.8) is 0 Å². The molecule has 1 fully saturated rings. The molecule has 36 heavy (non-hydrogen) atoms. The van der Waals surface area contributed by atoms with E-state index in [1.807, 2.05) is 6.08 Å². The van der Waals surface area contributed by atoms with Gasteiger partial charge in [-0.25, -0.2) is 4.79 Å². The number of amides is 3. The smallest absolute Gasteiger partial charge is 0.423 e. The van der Waals surface area contributed by atoms with E-state index in [0.29, 0.717) is 28.0 Å². The van der Waals surface area contributed by atoms with Crippen molar-refractivity contribution in [3.05, 3.63) is 75.3 Å². The first-order valence-electron chi connectivity index (χ1n) is 11.5. The lowest BCUT2D eigenvalue weighted by Crippen LogP contribution is -2.40. The number of phenols is 1. The van der Waals surface area contributed by atoms with E-state index < -0.39 is 41.6 Å². The highest BCUT2D eigenvalue weighted by Gasteiger charge is 2.58. The maximum absolute atomic E-state index is 13.4. The summed E-state index contributed by atoms with van der Waals surface area (Å²) in [4.78, 5) is 65.5. The predicted octanol–water partition coefficient (Wildman–Crippen LogP) is 3.65. The van der Waals surface area contributed by atoms with Crippen LogP contribution in [0.3, 0.4) is 0 Å². The quantitative estimate of drug-likeness (QED) is 0.346. The minimum absolute atomic E-state index is 0.0168. The van der Waals surface area contributed by atoms with Gasteiger partial charge in [0.15, 0.2) is 11.6 Å². The van der Waals surface area contributed by atoms with Crippen LogP contribution in [-0.2, 0) is 30.3 Å². The number of ether oxygens (including phenoxy) is 1. The second kappa shape index (κ2) is 8.81. The highest BCUT2D eigenvalue weighted by atomic mass is 79.9. The Morgan fingerprint density at radius 2 is 1.97 bits per heavy atom. The fourth-order valence-electron chi connectivity index (χ4n) is 6.00. The third-order valence-electron chi connectivity index (χ3n) is 7.51. The summed E-state index contributed by atoms with van der Waals surface area (Å²) < 4.78 is 4.77. The molecule has 4 unspecified atom stereocenters. The molecule has 3 aliphatic carbocycles.